The molecule has 0 saturated carbocycles. The zero-order valence-corrected chi connectivity index (χ0v) is 26.7. The summed E-state index contributed by atoms with van der Waals surface area (Å²) in [5.41, 5.74) is 0.379. The van der Waals surface area contributed by atoms with E-state index in [1.54, 1.807) is 17.0 Å². The molecule has 1 aliphatic heterocycles. The molecule has 1 aliphatic rings. The molecule has 0 aromatic heterocycles. The van der Waals surface area contributed by atoms with Crippen LogP contribution in [0.25, 0.3) is 0 Å². The van der Waals surface area contributed by atoms with E-state index in [0.717, 1.165) is 17.0 Å². The minimum Gasteiger partial charge on any atom is -0.489 e. The quantitative estimate of drug-likeness (QED) is 0.213. The van der Waals surface area contributed by atoms with E-state index in [9.17, 15) is 45.1 Å². The molecular formula is C32H34F5N3O7S. The van der Waals surface area contributed by atoms with Crippen LogP contribution in [0, 0.1) is 0 Å². The molecular weight excluding hydrogens is 665 g/mol. The Morgan fingerprint density at radius 1 is 1.02 bits per heavy atom. The van der Waals surface area contributed by atoms with E-state index in [1.165, 1.54) is 62.5 Å². The molecule has 3 aromatic rings. The molecule has 3 atom stereocenters. The number of amides is 2. The number of sulfone groups is 1. The highest BCUT2D eigenvalue weighted by Crippen LogP contribution is 2.33. The fourth-order valence-corrected chi connectivity index (χ4v) is 6.12. The molecule has 260 valence electrons. The average Bonchev–Trinajstić information content (AvgIpc) is 3.45. The first kappa shape index (κ1) is 36.4. The number of benzene rings is 3. The van der Waals surface area contributed by atoms with Gasteiger partial charge in [0.1, 0.15) is 11.9 Å². The lowest BCUT2D eigenvalue weighted by atomic mass is 10.1. The lowest BCUT2D eigenvalue weighted by Crippen LogP contribution is -2.38. The van der Waals surface area contributed by atoms with Crippen LogP contribution in [0.1, 0.15) is 40.9 Å². The number of carbonyl (C=O) groups is 2. The minimum absolute atomic E-state index is 0.0900. The average molecular weight is 700 g/mol. The van der Waals surface area contributed by atoms with Crippen LogP contribution < -0.4 is 15.0 Å². The van der Waals surface area contributed by atoms with Crippen molar-refractivity contribution in [2.45, 2.75) is 49.2 Å². The number of ether oxygens (including phenoxy) is 2. The van der Waals surface area contributed by atoms with E-state index in [1.807, 2.05) is 0 Å². The molecule has 3 aromatic carbocycles. The molecule has 48 heavy (non-hydrogen) atoms. The molecule has 0 bridgehead atoms. The Balaban J connectivity index is 1.49. The Bertz CT molecular complexity index is 1660. The van der Waals surface area contributed by atoms with Gasteiger partial charge in [-0.1, -0.05) is 19.1 Å². The van der Waals surface area contributed by atoms with E-state index in [0.29, 0.717) is 11.3 Å². The summed E-state index contributed by atoms with van der Waals surface area (Å²) in [4.78, 5) is 27.6. The van der Waals surface area contributed by atoms with Gasteiger partial charge in [-0.3, -0.25) is 4.79 Å². The van der Waals surface area contributed by atoms with Crippen molar-refractivity contribution in [3.8, 4) is 5.75 Å². The molecule has 2 amide bonds. The van der Waals surface area contributed by atoms with Crippen molar-refractivity contribution < 1.29 is 54.5 Å². The van der Waals surface area contributed by atoms with Crippen molar-refractivity contribution in [3.05, 3.63) is 89.5 Å². The van der Waals surface area contributed by atoms with Crippen LogP contribution in [-0.4, -0.2) is 81.7 Å². The molecule has 0 radical (unpaired) electrons. The van der Waals surface area contributed by atoms with Gasteiger partial charge >= 0.3 is 18.9 Å². The summed E-state index contributed by atoms with van der Waals surface area (Å²) < 4.78 is 99.5. The van der Waals surface area contributed by atoms with Crippen molar-refractivity contribution >= 4 is 27.5 Å². The van der Waals surface area contributed by atoms with Gasteiger partial charge in [0, 0.05) is 31.3 Å². The van der Waals surface area contributed by atoms with Gasteiger partial charge in [0.05, 0.1) is 41.4 Å². The number of hydrogen-bond donors (Lipinski definition) is 2. The fourth-order valence-electron chi connectivity index (χ4n) is 5.24. The van der Waals surface area contributed by atoms with Gasteiger partial charge < -0.3 is 29.7 Å². The summed E-state index contributed by atoms with van der Waals surface area (Å²) in [6.07, 6.45) is -6.08. The zero-order chi connectivity index (χ0) is 35.2. The molecule has 1 heterocycles. The van der Waals surface area contributed by atoms with Crippen LogP contribution in [0.5, 0.6) is 5.75 Å². The third kappa shape index (κ3) is 9.34. The summed E-state index contributed by atoms with van der Waals surface area (Å²) in [7, 11) is -2.15. The fraction of sp³-hybridized carbons (Fsp3) is 0.375. The Hall–Kier alpha value is -4.44. The summed E-state index contributed by atoms with van der Waals surface area (Å²) in [5, 5.41) is 12.2. The van der Waals surface area contributed by atoms with Crippen molar-refractivity contribution in [2.24, 2.45) is 0 Å². The lowest BCUT2D eigenvalue weighted by molar-refractivity contribution is -0.137. The Morgan fingerprint density at radius 2 is 1.65 bits per heavy atom. The first-order valence-corrected chi connectivity index (χ1v) is 16.4. The second-order valence-corrected chi connectivity index (χ2v) is 13.4. The predicted molar refractivity (Wildman–Crippen MR) is 165 cm³/mol. The molecule has 0 aliphatic carbocycles. The normalized spacial score (nSPS) is 17.3. The van der Waals surface area contributed by atoms with Crippen LogP contribution in [0.15, 0.2) is 77.7 Å². The molecule has 10 nitrogen and oxygen atoms in total. The SMILES string of the molecule is CCS(=O)(=O)c1ccc([C@H](CN(C)C(=O)O)NC(=O)c2ccc(N3C[C@@H](Oc4ccc(C(F)(F)F)cc4)C[C@H]3COC(F)F)cc2)cc1. The predicted octanol–water partition coefficient (Wildman–Crippen LogP) is 5.85. The molecule has 0 unspecified atom stereocenters. The second kappa shape index (κ2) is 15.2. The van der Waals surface area contributed by atoms with E-state index in [2.05, 4.69) is 10.1 Å². The Kier molecular flexibility index (Phi) is 11.5. The lowest BCUT2D eigenvalue weighted by Gasteiger charge is -2.26. The highest BCUT2D eigenvalue weighted by molar-refractivity contribution is 7.91. The van der Waals surface area contributed by atoms with Crippen LogP contribution in [-0.2, 0) is 20.8 Å². The number of carboxylic acid groups (broad SMARTS) is 1. The van der Waals surface area contributed by atoms with E-state index >= 15 is 0 Å². The Morgan fingerprint density at radius 3 is 2.19 bits per heavy atom. The van der Waals surface area contributed by atoms with Crippen molar-refractivity contribution in [3.63, 3.8) is 0 Å². The molecule has 1 saturated heterocycles. The largest absolute Gasteiger partial charge is 0.489 e. The maximum Gasteiger partial charge on any atom is 0.416 e. The van der Waals surface area contributed by atoms with Gasteiger partial charge in [0.25, 0.3) is 5.91 Å². The summed E-state index contributed by atoms with van der Waals surface area (Å²) in [6, 6.07) is 14.7. The Labute approximate surface area is 274 Å². The van der Waals surface area contributed by atoms with Gasteiger partial charge in [-0.15, -0.1) is 0 Å². The van der Waals surface area contributed by atoms with Crippen molar-refractivity contribution in [1.29, 1.82) is 0 Å². The maximum absolute atomic E-state index is 13.3. The number of likely N-dealkylation sites (N-methyl/N-ethyl adjacent to an activating group) is 1. The third-order valence-electron chi connectivity index (χ3n) is 7.85. The van der Waals surface area contributed by atoms with Crippen LogP contribution in [0.4, 0.5) is 32.4 Å². The molecule has 4 rings (SSSR count). The number of nitrogens with one attached hydrogen (secondary N) is 1. The van der Waals surface area contributed by atoms with E-state index in [4.69, 9.17) is 4.74 Å². The zero-order valence-electron chi connectivity index (χ0n) is 25.9. The summed E-state index contributed by atoms with van der Waals surface area (Å²) >= 11 is 0. The highest BCUT2D eigenvalue weighted by atomic mass is 32.2. The maximum atomic E-state index is 13.3. The first-order valence-electron chi connectivity index (χ1n) is 14.8. The van der Waals surface area contributed by atoms with Crippen LogP contribution in [0.3, 0.4) is 0 Å². The van der Waals surface area contributed by atoms with Gasteiger partial charge in [-0.25, -0.2) is 13.2 Å². The molecule has 0 spiro atoms. The highest BCUT2D eigenvalue weighted by Gasteiger charge is 2.35. The van der Waals surface area contributed by atoms with E-state index < -0.39 is 58.4 Å². The molecule has 2 N–H and O–H groups in total. The number of rotatable bonds is 13. The number of alkyl halides is 5. The number of carbonyl (C=O) groups excluding carboxylic acids is 1. The minimum atomic E-state index is -4.51. The van der Waals surface area contributed by atoms with E-state index in [-0.39, 0.29) is 48.1 Å². The number of nitrogens with zero attached hydrogens (tertiary/aromatic N) is 2. The third-order valence-corrected chi connectivity index (χ3v) is 9.60. The smallest absolute Gasteiger partial charge is 0.416 e. The van der Waals surface area contributed by atoms with Crippen molar-refractivity contribution in [2.75, 3.05) is 37.4 Å². The topological polar surface area (TPSA) is 125 Å². The monoisotopic (exact) mass is 699 g/mol. The van der Waals surface area contributed by atoms with Gasteiger partial charge in [0.2, 0.25) is 0 Å². The standard InChI is InChI=1S/C32H34F5N3O7S/c1-3-48(44,45)27-14-6-20(7-15-27)28(18-39(2)31(42)43)38-29(41)21-4-10-23(11-5-21)40-17-26(16-24(40)19-46-30(33)34)47-25-12-8-22(9-13-25)32(35,36)37/h4-15,24,26,28,30H,3,16-19H2,1-2H3,(H,38,41)(H,42,43)/t24-,26-,28-/m0/s1. The molecule has 16 heteroatoms. The van der Waals surface area contributed by atoms with Crippen LogP contribution in [0.2, 0.25) is 0 Å². The second-order valence-electron chi connectivity index (χ2n) is 11.1. The van der Waals surface area contributed by atoms with Gasteiger partial charge in [-0.05, 0) is 66.2 Å². The summed E-state index contributed by atoms with van der Waals surface area (Å²) in [6.45, 7) is -1.82. The first-order chi connectivity index (χ1) is 22.6. The number of hydrogen-bond acceptors (Lipinski definition) is 7. The number of anilines is 1. The summed E-state index contributed by atoms with van der Waals surface area (Å²) in [5.74, 6) is -0.479. The van der Waals surface area contributed by atoms with Crippen molar-refractivity contribution in [1.82, 2.24) is 10.2 Å². The number of halogens is 5. The molecule has 1 fully saturated rings. The van der Waals surface area contributed by atoms with Crippen LogP contribution >= 0.6 is 0 Å². The van der Waals surface area contributed by atoms with Gasteiger partial charge in [-0.2, -0.15) is 22.0 Å². The van der Waals surface area contributed by atoms with Gasteiger partial charge in [0.15, 0.2) is 9.84 Å².